The van der Waals surface area contributed by atoms with Crippen LogP contribution in [0.1, 0.15) is 43.1 Å². The number of aromatic amines is 1. The molecule has 4 rings (SSSR count). The van der Waals surface area contributed by atoms with Gasteiger partial charge in [0, 0.05) is 51.3 Å². The summed E-state index contributed by atoms with van der Waals surface area (Å²) in [5.74, 6) is -0.517. The van der Waals surface area contributed by atoms with Crippen LogP contribution in [0.25, 0.3) is 11.1 Å². The fourth-order valence-electron chi connectivity index (χ4n) is 4.76. The van der Waals surface area contributed by atoms with Crippen molar-refractivity contribution < 1.29 is 28.6 Å². The SMILES string of the molecule is CC(C)(C)Oc1ccc(C[C@@H](CNC(=O)O)C(=O)N2CCN(CCC(=O)c3ccc4[nH]c(=O)oc4c3)CC2)cc1. The smallest absolute Gasteiger partial charge is 0.417 e. The molecule has 0 radical (unpaired) electrons. The fourth-order valence-corrected chi connectivity index (χ4v) is 4.76. The third-order valence-electron chi connectivity index (χ3n) is 6.76. The Labute approximate surface area is 232 Å². The molecule has 0 unspecified atom stereocenters. The number of ether oxygens (including phenoxy) is 1. The number of aromatic nitrogens is 1. The molecule has 0 aliphatic carbocycles. The number of benzene rings is 2. The van der Waals surface area contributed by atoms with Gasteiger partial charge in [-0.1, -0.05) is 12.1 Å². The predicted octanol–water partition coefficient (Wildman–Crippen LogP) is 3.14. The van der Waals surface area contributed by atoms with Gasteiger partial charge in [0.2, 0.25) is 5.91 Å². The third kappa shape index (κ3) is 7.95. The van der Waals surface area contributed by atoms with Crippen molar-refractivity contribution in [3.63, 3.8) is 0 Å². The maximum atomic E-state index is 13.4. The second kappa shape index (κ2) is 12.4. The van der Waals surface area contributed by atoms with Crippen LogP contribution >= 0.6 is 0 Å². The molecule has 0 saturated carbocycles. The average Bonchev–Trinajstić information content (AvgIpc) is 3.29. The normalized spacial score (nSPS) is 15.1. The first kappa shape index (κ1) is 28.9. The first-order valence-corrected chi connectivity index (χ1v) is 13.4. The topological polar surface area (TPSA) is 145 Å². The number of nitrogens with zero attached hydrogens (tertiary/aromatic N) is 2. The number of ketones is 1. The van der Waals surface area contributed by atoms with Gasteiger partial charge < -0.3 is 24.5 Å². The molecule has 1 saturated heterocycles. The minimum absolute atomic E-state index is 0.0226. The summed E-state index contributed by atoms with van der Waals surface area (Å²) in [5.41, 5.74) is 1.98. The van der Waals surface area contributed by atoms with Gasteiger partial charge in [-0.05, 0) is 63.1 Å². The van der Waals surface area contributed by atoms with Crippen molar-refractivity contribution in [3.05, 3.63) is 64.1 Å². The minimum atomic E-state index is -1.17. The predicted molar refractivity (Wildman–Crippen MR) is 149 cm³/mol. The van der Waals surface area contributed by atoms with Crippen LogP contribution in [0.3, 0.4) is 0 Å². The average molecular weight is 553 g/mol. The highest BCUT2D eigenvalue weighted by Crippen LogP contribution is 2.21. The number of nitrogens with one attached hydrogen (secondary N) is 2. The van der Waals surface area contributed by atoms with Crippen molar-refractivity contribution >= 4 is 28.9 Å². The Bertz CT molecular complexity index is 1400. The molecule has 0 bridgehead atoms. The summed E-state index contributed by atoms with van der Waals surface area (Å²) in [4.78, 5) is 55.1. The van der Waals surface area contributed by atoms with Crippen LogP contribution in [0.4, 0.5) is 4.79 Å². The zero-order valence-electron chi connectivity index (χ0n) is 23.1. The molecular formula is C29H36N4O7. The van der Waals surface area contributed by atoms with Gasteiger partial charge in [0.15, 0.2) is 11.4 Å². The first-order chi connectivity index (χ1) is 19.0. The summed E-state index contributed by atoms with van der Waals surface area (Å²) in [6.45, 7) is 8.69. The van der Waals surface area contributed by atoms with Gasteiger partial charge in [0.25, 0.3) is 0 Å². The van der Waals surface area contributed by atoms with E-state index in [2.05, 4.69) is 15.2 Å². The number of carbonyl (C=O) groups excluding carboxylic acids is 2. The Balaban J connectivity index is 1.30. The lowest BCUT2D eigenvalue weighted by atomic mass is 9.97. The van der Waals surface area contributed by atoms with Crippen LogP contribution in [0, 0.1) is 5.92 Å². The number of hydrogen-bond acceptors (Lipinski definition) is 7. The zero-order chi connectivity index (χ0) is 28.9. The molecule has 1 atom stereocenters. The Hall–Kier alpha value is -4.12. The summed E-state index contributed by atoms with van der Waals surface area (Å²) in [5, 5.41) is 11.5. The molecule has 40 heavy (non-hydrogen) atoms. The van der Waals surface area contributed by atoms with E-state index in [-0.39, 0.29) is 23.8 Å². The molecule has 1 aromatic heterocycles. The van der Waals surface area contributed by atoms with E-state index < -0.39 is 17.8 Å². The summed E-state index contributed by atoms with van der Waals surface area (Å²) in [6, 6.07) is 12.4. The van der Waals surface area contributed by atoms with E-state index in [4.69, 9.17) is 14.3 Å². The highest BCUT2D eigenvalue weighted by atomic mass is 16.5. The number of carboxylic acid groups (broad SMARTS) is 1. The maximum Gasteiger partial charge on any atom is 0.417 e. The van der Waals surface area contributed by atoms with Crippen molar-refractivity contribution in [1.82, 2.24) is 20.1 Å². The van der Waals surface area contributed by atoms with Gasteiger partial charge in [-0.2, -0.15) is 0 Å². The van der Waals surface area contributed by atoms with Crippen LogP contribution < -0.4 is 15.8 Å². The van der Waals surface area contributed by atoms with E-state index >= 15 is 0 Å². The zero-order valence-corrected chi connectivity index (χ0v) is 23.1. The van der Waals surface area contributed by atoms with Gasteiger partial charge in [0.05, 0.1) is 11.4 Å². The quantitative estimate of drug-likeness (QED) is 0.325. The molecule has 0 spiro atoms. The number of hydrogen-bond donors (Lipinski definition) is 3. The van der Waals surface area contributed by atoms with Crippen molar-refractivity contribution in [1.29, 1.82) is 0 Å². The molecule has 2 aromatic carbocycles. The van der Waals surface area contributed by atoms with Gasteiger partial charge in [-0.3, -0.25) is 19.5 Å². The molecule has 3 N–H and O–H groups in total. The number of piperazine rings is 1. The number of H-pyrrole nitrogens is 1. The molecular weight excluding hydrogens is 516 g/mol. The lowest BCUT2D eigenvalue weighted by Gasteiger charge is -2.36. The highest BCUT2D eigenvalue weighted by molar-refractivity contribution is 5.98. The Morgan fingerprint density at radius 3 is 2.42 bits per heavy atom. The van der Waals surface area contributed by atoms with E-state index in [1.165, 1.54) is 0 Å². The van der Waals surface area contributed by atoms with Crippen molar-refractivity contribution in [3.8, 4) is 5.75 Å². The standard InChI is InChI=1S/C29H36N4O7/c1-29(2,3)40-22-7-4-19(5-8-22)16-21(18-30-27(36)37)26(35)33-14-12-32(13-15-33)11-10-24(34)20-6-9-23-25(17-20)39-28(38)31-23/h4-9,17,21,30H,10-16,18H2,1-3H3,(H,31,38)(H,36,37)/t21-/m0/s1. The Morgan fingerprint density at radius 2 is 1.77 bits per heavy atom. The molecule has 1 aliphatic heterocycles. The lowest BCUT2D eigenvalue weighted by molar-refractivity contribution is -0.137. The number of Topliss-reactive ketones (excluding diaryl/α,β-unsaturated/α-hetero) is 1. The van der Waals surface area contributed by atoms with Crippen molar-refractivity contribution in [2.24, 2.45) is 5.92 Å². The molecule has 1 fully saturated rings. The van der Waals surface area contributed by atoms with E-state index in [9.17, 15) is 19.2 Å². The second-order valence-corrected chi connectivity index (χ2v) is 11.0. The number of fused-ring (bicyclic) bond motifs is 1. The van der Waals surface area contributed by atoms with Crippen LogP contribution in [0.2, 0.25) is 0 Å². The van der Waals surface area contributed by atoms with Gasteiger partial charge in [-0.15, -0.1) is 0 Å². The van der Waals surface area contributed by atoms with Gasteiger partial charge in [0.1, 0.15) is 11.4 Å². The molecule has 11 heteroatoms. The Kier molecular flexibility index (Phi) is 8.93. The minimum Gasteiger partial charge on any atom is -0.488 e. The second-order valence-electron chi connectivity index (χ2n) is 11.0. The maximum absolute atomic E-state index is 13.4. The van der Waals surface area contributed by atoms with E-state index in [0.717, 1.165) is 11.3 Å². The molecule has 2 amide bonds. The molecule has 11 nitrogen and oxygen atoms in total. The fraction of sp³-hybridized carbons (Fsp3) is 0.448. The summed E-state index contributed by atoms with van der Waals surface area (Å²) >= 11 is 0. The Morgan fingerprint density at radius 1 is 1.07 bits per heavy atom. The summed E-state index contributed by atoms with van der Waals surface area (Å²) in [6.07, 6.45) is -0.470. The van der Waals surface area contributed by atoms with Crippen LogP contribution in [0.15, 0.2) is 51.7 Å². The number of rotatable bonds is 10. The largest absolute Gasteiger partial charge is 0.488 e. The summed E-state index contributed by atoms with van der Waals surface area (Å²) in [7, 11) is 0. The number of amides is 2. The van der Waals surface area contributed by atoms with Crippen LogP contribution in [-0.2, 0) is 11.2 Å². The molecule has 1 aliphatic rings. The van der Waals surface area contributed by atoms with E-state index in [1.54, 1.807) is 23.1 Å². The molecule has 2 heterocycles. The molecule has 214 valence electrons. The van der Waals surface area contributed by atoms with Crippen LogP contribution in [-0.4, -0.2) is 82.5 Å². The van der Waals surface area contributed by atoms with E-state index in [1.807, 2.05) is 45.0 Å². The monoisotopic (exact) mass is 552 g/mol. The van der Waals surface area contributed by atoms with Gasteiger partial charge >= 0.3 is 11.8 Å². The lowest BCUT2D eigenvalue weighted by Crippen LogP contribution is -2.52. The molecule has 3 aromatic rings. The third-order valence-corrected chi connectivity index (χ3v) is 6.76. The van der Waals surface area contributed by atoms with Crippen molar-refractivity contribution in [2.75, 3.05) is 39.3 Å². The highest BCUT2D eigenvalue weighted by Gasteiger charge is 2.28. The number of carbonyl (C=O) groups is 3. The van der Waals surface area contributed by atoms with Crippen LogP contribution in [0.5, 0.6) is 5.75 Å². The van der Waals surface area contributed by atoms with Crippen molar-refractivity contribution in [2.45, 2.75) is 39.2 Å². The van der Waals surface area contributed by atoms with Gasteiger partial charge in [-0.25, -0.2) is 9.59 Å². The van der Waals surface area contributed by atoms with E-state index in [0.29, 0.717) is 62.2 Å². The summed E-state index contributed by atoms with van der Waals surface area (Å²) < 4.78 is 10.9. The first-order valence-electron chi connectivity index (χ1n) is 13.4. The number of oxazole rings is 1.